The molecule has 2 rings (SSSR count). The van der Waals surface area contributed by atoms with Gasteiger partial charge in [-0.2, -0.15) is 11.8 Å². The lowest BCUT2D eigenvalue weighted by atomic mass is 9.99. The van der Waals surface area contributed by atoms with Crippen molar-refractivity contribution in [3.05, 3.63) is 0 Å². The molecule has 0 saturated carbocycles. The Morgan fingerprint density at radius 3 is 2.71 bits per heavy atom. The van der Waals surface area contributed by atoms with Crippen molar-refractivity contribution >= 4 is 23.6 Å². The molecule has 0 aromatic heterocycles. The van der Waals surface area contributed by atoms with Crippen LogP contribution in [-0.2, 0) is 9.59 Å². The maximum Gasteiger partial charge on any atom is 0.243 e. The van der Waals surface area contributed by atoms with Crippen LogP contribution in [0.3, 0.4) is 0 Å². The quantitative estimate of drug-likeness (QED) is 0.815. The van der Waals surface area contributed by atoms with Gasteiger partial charge in [-0.3, -0.25) is 9.59 Å². The zero-order valence-electron chi connectivity index (χ0n) is 10.3. The van der Waals surface area contributed by atoms with Gasteiger partial charge in [-0.05, 0) is 36.7 Å². The van der Waals surface area contributed by atoms with Gasteiger partial charge in [0, 0.05) is 6.54 Å². The highest BCUT2D eigenvalue weighted by Crippen LogP contribution is 2.25. The number of carbonyl (C=O) groups excluding carboxylic acids is 2. The van der Waals surface area contributed by atoms with Crippen molar-refractivity contribution in [1.82, 2.24) is 10.2 Å². The van der Waals surface area contributed by atoms with Crippen molar-refractivity contribution in [2.45, 2.75) is 32.2 Å². The van der Waals surface area contributed by atoms with Gasteiger partial charge < -0.3 is 10.2 Å². The summed E-state index contributed by atoms with van der Waals surface area (Å²) < 4.78 is 0. The van der Waals surface area contributed by atoms with E-state index >= 15 is 0 Å². The fraction of sp³-hybridized carbons (Fsp3) is 0.833. The second kappa shape index (κ2) is 5.76. The Balaban J connectivity index is 1.99. The first-order chi connectivity index (χ1) is 8.22. The lowest BCUT2D eigenvalue weighted by Gasteiger charge is -2.37. The second-order valence-electron chi connectivity index (χ2n) is 4.74. The van der Waals surface area contributed by atoms with E-state index in [0.29, 0.717) is 12.3 Å². The monoisotopic (exact) mass is 256 g/mol. The molecule has 2 aliphatic rings. The lowest BCUT2D eigenvalue weighted by molar-refractivity contribution is -0.146. The normalized spacial score (nSPS) is 27.1. The highest BCUT2D eigenvalue weighted by atomic mass is 32.2. The van der Waals surface area contributed by atoms with E-state index in [1.165, 1.54) is 24.3 Å². The molecule has 96 valence electrons. The third kappa shape index (κ3) is 2.94. The number of rotatable bonds is 3. The highest BCUT2D eigenvalue weighted by molar-refractivity contribution is 7.99. The lowest BCUT2D eigenvalue weighted by Crippen LogP contribution is -2.59. The molecular weight excluding hydrogens is 236 g/mol. The van der Waals surface area contributed by atoms with Gasteiger partial charge in [0.15, 0.2) is 0 Å². The van der Waals surface area contributed by atoms with Gasteiger partial charge in [-0.15, -0.1) is 0 Å². The smallest absolute Gasteiger partial charge is 0.243 e. The number of nitrogens with one attached hydrogen (secondary N) is 1. The van der Waals surface area contributed by atoms with Gasteiger partial charge in [-0.1, -0.05) is 6.92 Å². The van der Waals surface area contributed by atoms with E-state index in [-0.39, 0.29) is 24.4 Å². The summed E-state index contributed by atoms with van der Waals surface area (Å²) in [7, 11) is 0. The molecule has 1 atom stereocenters. The largest absolute Gasteiger partial charge is 0.345 e. The first kappa shape index (κ1) is 12.7. The summed E-state index contributed by atoms with van der Waals surface area (Å²) in [5, 5.41) is 2.67. The first-order valence-corrected chi connectivity index (χ1v) is 7.52. The van der Waals surface area contributed by atoms with Gasteiger partial charge >= 0.3 is 0 Å². The summed E-state index contributed by atoms with van der Waals surface area (Å²) in [6.45, 7) is 2.91. The molecule has 5 heteroatoms. The molecule has 0 aromatic rings. The number of piperazine rings is 1. The first-order valence-electron chi connectivity index (χ1n) is 6.37. The standard InChI is InChI=1S/C12H20N2O2S/c1-2-10-12(16)13-7-11(15)14(10)8-9-3-5-17-6-4-9/h9-10H,2-8H2,1H3,(H,13,16). The number of carbonyl (C=O) groups is 2. The van der Waals surface area contributed by atoms with Crippen molar-refractivity contribution in [2.24, 2.45) is 5.92 Å². The van der Waals surface area contributed by atoms with Crippen molar-refractivity contribution < 1.29 is 9.59 Å². The van der Waals surface area contributed by atoms with Crippen LogP contribution < -0.4 is 5.32 Å². The molecule has 2 aliphatic heterocycles. The van der Waals surface area contributed by atoms with Crippen LogP contribution in [-0.4, -0.2) is 47.4 Å². The van der Waals surface area contributed by atoms with E-state index in [1.807, 2.05) is 18.7 Å². The maximum atomic E-state index is 11.9. The fourth-order valence-electron chi connectivity index (χ4n) is 2.54. The molecule has 4 nitrogen and oxygen atoms in total. The van der Waals surface area contributed by atoms with E-state index in [0.717, 1.165) is 6.54 Å². The summed E-state index contributed by atoms with van der Waals surface area (Å²) in [4.78, 5) is 25.4. The van der Waals surface area contributed by atoms with Crippen LogP contribution in [0.5, 0.6) is 0 Å². The molecule has 0 aromatic carbocycles. The van der Waals surface area contributed by atoms with Crippen LogP contribution in [0.4, 0.5) is 0 Å². The Morgan fingerprint density at radius 1 is 1.35 bits per heavy atom. The van der Waals surface area contributed by atoms with Gasteiger partial charge in [0.25, 0.3) is 0 Å². The summed E-state index contributed by atoms with van der Waals surface area (Å²) in [6.07, 6.45) is 3.05. The third-order valence-electron chi connectivity index (χ3n) is 3.60. The molecule has 17 heavy (non-hydrogen) atoms. The van der Waals surface area contributed by atoms with Crippen LogP contribution in [0.2, 0.25) is 0 Å². The van der Waals surface area contributed by atoms with Crippen molar-refractivity contribution in [3.8, 4) is 0 Å². The summed E-state index contributed by atoms with van der Waals surface area (Å²) in [5.41, 5.74) is 0. The molecule has 2 fully saturated rings. The molecule has 0 spiro atoms. The average molecular weight is 256 g/mol. The Morgan fingerprint density at radius 2 is 2.06 bits per heavy atom. The highest BCUT2D eigenvalue weighted by Gasteiger charge is 2.34. The average Bonchev–Trinajstić information content (AvgIpc) is 2.35. The number of hydrogen-bond donors (Lipinski definition) is 1. The topological polar surface area (TPSA) is 49.4 Å². The van der Waals surface area contributed by atoms with E-state index in [9.17, 15) is 9.59 Å². The molecule has 0 bridgehead atoms. The summed E-state index contributed by atoms with van der Waals surface area (Å²) >= 11 is 1.99. The molecule has 1 unspecified atom stereocenters. The molecule has 2 amide bonds. The zero-order chi connectivity index (χ0) is 12.3. The van der Waals surface area contributed by atoms with Gasteiger partial charge in [-0.25, -0.2) is 0 Å². The van der Waals surface area contributed by atoms with Crippen LogP contribution in [0.1, 0.15) is 26.2 Å². The molecule has 0 aliphatic carbocycles. The minimum absolute atomic E-state index is 0.0114. The van der Waals surface area contributed by atoms with E-state index in [2.05, 4.69) is 5.32 Å². The minimum atomic E-state index is -0.245. The van der Waals surface area contributed by atoms with Crippen LogP contribution in [0.15, 0.2) is 0 Å². The van der Waals surface area contributed by atoms with E-state index < -0.39 is 0 Å². The predicted octanol–water partition coefficient (Wildman–Crippen LogP) is 0.867. The molecule has 1 N–H and O–H groups in total. The Kier molecular flexibility index (Phi) is 4.31. The number of thioether (sulfide) groups is 1. The SMILES string of the molecule is CCC1C(=O)NCC(=O)N1CC1CCSCC1. The molecule has 0 radical (unpaired) electrons. The van der Waals surface area contributed by atoms with Gasteiger partial charge in [0.2, 0.25) is 11.8 Å². The number of nitrogens with zero attached hydrogens (tertiary/aromatic N) is 1. The Hall–Kier alpha value is -0.710. The fourth-order valence-corrected chi connectivity index (χ4v) is 3.74. The second-order valence-corrected chi connectivity index (χ2v) is 5.97. The van der Waals surface area contributed by atoms with Crippen LogP contribution in [0.25, 0.3) is 0 Å². The van der Waals surface area contributed by atoms with Gasteiger partial charge in [0.05, 0.1) is 6.54 Å². The van der Waals surface area contributed by atoms with Crippen molar-refractivity contribution in [2.75, 3.05) is 24.6 Å². The number of amides is 2. The molecule has 2 heterocycles. The van der Waals surface area contributed by atoms with Gasteiger partial charge in [0.1, 0.15) is 6.04 Å². The van der Waals surface area contributed by atoms with E-state index in [1.54, 1.807) is 4.90 Å². The Labute approximate surface area is 106 Å². The van der Waals surface area contributed by atoms with Crippen LogP contribution >= 0.6 is 11.8 Å². The summed E-state index contributed by atoms with van der Waals surface area (Å²) in [6, 6.07) is -0.245. The minimum Gasteiger partial charge on any atom is -0.345 e. The van der Waals surface area contributed by atoms with Crippen molar-refractivity contribution in [1.29, 1.82) is 0 Å². The zero-order valence-corrected chi connectivity index (χ0v) is 11.1. The van der Waals surface area contributed by atoms with E-state index in [4.69, 9.17) is 0 Å². The third-order valence-corrected chi connectivity index (χ3v) is 4.64. The maximum absolute atomic E-state index is 11.9. The molecular formula is C12H20N2O2S. The predicted molar refractivity (Wildman–Crippen MR) is 68.9 cm³/mol. The number of hydrogen-bond acceptors (Lipinski definition) is 3. The van der Waals surface area contributed by atoms with Crippen molar-refractivity contribution in [3.63, 3.8) is 0 Å². The Bertz CT molecular complexity index is 303. The summed E-state index contributed by atoms with van der Waals surface area (Å²) in [5.74, 6) is 3.05. The molecule has 2 saturated heterocycles. The van der Waals surface area contributed by atoms with Crippen LogP contribution in [0, 0.1) is 5.92 Å².